The van der Waals surface area contributed by atoms with Crippen LogP contribution < -0.4 is 20.1 Å². The Bertz CT molecular complexity index is 628. The Morgan fingerprint density at radius 2 is 1.92 bits per heavy atom. The van der Waals surface area contributed by atoms with Crippen LogP contribution in [-0.4, -0.2) is 51.5 Å². The molecule has 2 fully saturated rings. The van der Waals surface area contributed by atoms with Crippen LogP contribution in [-0.2, 0) is 14.9 Å². The second-order valence-electron chi connectivity index (χ2n) is 7.13. The van der Waals surface area contributed by atoms with E-state index in [4.69, 9.17) is 14.2 Å². The van der Waals surface area contributed by atoms with Crippen molar-refractivity contribution < 1.29 is 19.0 Å². The van der Waals surface area contributed by atoms with Crippen molar-refractivity contribution >= 4 is 18.3 Å². The standard InChI is InChI=1S/C19H26N2O4.ClH/c22-18(17-12-20-7-8-23-17)21-13-19(5-1-2-6-19)14-3-4-15-16(11-14)25-10-9-24-15;/h3-4,11,17,20H,1-2,5-10,12-13H2,(H,21,22);1H. The highest BCUT2D eigenvalue weighted by atomic mass is 35.5. The van der Waals surface area contributed by atoms with E-state index < -0.39 is 0 Å². The maximum Gasteiger partial charge on any atom is 0.250 e. The van der Waals surface area contributed by atoms with Crippen LogP contribution in [0.15, 0.2) is 18.2 Å². The fraction of sp³-hybridized carbons (Fsp3) is 0.632. The van der Waals surface area contributed by atoms with E-state index in [0.717, 1.165) is 30.9 Å². The number of amides is 1. The number of fused-ring (bicyclic) bond motifs is 1. The molecule has 144 valence electrons. The lowest BCUT2D eigenvalue weighted by atomic mass is 9.78. The maximum absolute atomic E-state index is 12.4. The normalized spacial score (nSPS) is 23.8. The second kappa shape index (κ2) is 8.46. The Balaban J connectivity index is 0.00000196. The minimum atomic E-state index is -0.382. The van der Waals surface area contributed by atoms with E-state index in [2.05, 4.69) is 22.8 Å². The zero-order valence-electron chi connectivity index (χ0n) is 14.9. The quantitative estimate of drug-likeness (QED) is 0.831. The van der Waals surface area contributed by atoms with Gasteiger partial charge in [0.1, 0.15) is 19.3 Å². The first kappa shape index (κ1) is 19.3. The van der Waals surface area contributed by atoms with Crippen LogP contribution in [0.2, 0.25) is 0 Å². The number of morpholine rings is 1. The van der Waals surface area contributed by atoms with E-state index in [1.54, 1.807) is 0 Å². The van der Waals surface area contributed by atoms with Gasteiger partial charge in [-0.1, -0.05) is 18.9 Å². The summed E-state index contributed by atoms with van der Waals surface area (Å²) in [6.45, 7) is 3.82. The molecule has 1 aliphatic carbocycles. The van der Waals surface area contributed by atoms with Crippen molar-refractivity contribution in [1.82, 2.24) is 10.6 Å². The summed E-state index contributed by atoms with van der Waals surface area (Å²) in [4.78, 5) is 12.4. The Hall–Kier alpha value is -1.50. The molecule has 0 spiro atoms. The van der Waals surface area contributed by atoms with Crippen molar-refractivity contribution in [2.24, 2.45) is 0 Å². The molecule has 7 heteroatoms. The molecular formula is C19H27ClN2O4. The predicted octanol–water partition coefficient (Wildman–Crippen LogP) is 1.80. The third-order valence-electron chi connectivity index (χ3n) is 5.54. The van der Waals surface area contributed by atoms with Crippen LogP contribution in [0, 0.1) is 0 Å². The van der Waals surface area contributed by atoms with Gasteiger partial charge in [-0.2, -0.15) is 0 Å². The van der Waals surface area contributed by atoms with Gasteiger partial charge in [-0.15, -0.1) is 12.4 Å². The van der Waals surface area contributed by atoms with Crippen LogP contribution >= 0.6 is 12.4 Å². The zero-order valence-corrected chi connectivity index (χ0v) is 15.7. The second-order valence-corrected chi connectivity index (χ2v) is 7.13. The molecule has 2 aliphatic heterocycles. The van der Waals surface area contributed by atoms with Gasteiger partial charge >= 0.3 is 0 Å². The first-order valence-electron chi connectivity index (χ1n) is 9.27. The molecule has 2 N–H and O–H groups in total. The molecule has 1 unspecified atom stereocenters. The predicted molar refractivity (Wildman–Crippen MR) is 100 cm³/mol. The number of nitrogens with one attached hydrogen (secondary N) is 2. The van der Waals surface area contributed by atoms with Crippen LogP contribution in [0.3, 0.4) is 0 Å². The van der Waals surface area contributed by atoms with Crippen molar-refractivity contribution in [2.75, 3.05) is 39.5 Å². The Morgan fingerprint density at radius 1 is 1.15 bits per heavy atom. The summed E-state index contributed by atoms with van der Waals surface area (Å²) in [5.41, 5.74) is 1.21. The molecule has 0 bridgehead atoms. The summed E-state index contributed by atoms with van der Waals surface area (Å²) in [5, 5.41) is 6.34. The molecule has 1 amide bonds. The largest absolute Gasteiger partial charge is 0.486 e. The highest BCUT2D eigenvalue weighted by Crippen LogP contribution is 2.43. The number of rotatable bonds is 4. The summed E-state index contributed by atoms with van der Waals surface area (Å²) in [6, 6.07) is 6.23. The fourth-order valence-corrected chi connectivity index (χ4v) is 4.10. The Labute approximate surface area is 160 Å². The highest BCUT2D eigenvalue weighted by molar-refractivity contribution is 5.85. The van der Waals surface area contributed by atoms with Crippen molar-refractivity contribution in [3.05, 3.63) is 23.8 Å². The molecule has 1 atom stereocenters. The van der Waals surface area contributed by atoms with E-state index in [9.17, 15) is 4.79 Å². The number of carbonyl (C=O) groups excluding carboxylic acids is 1. The molecule has 6 nitrogen and oxygen atoms in total. The summed E-state index contributed by atoms with van der Waals surface area (Å²) in [7, 11) is 0. The van der Waals surface area contributed by atoms with Crippen LogP contribution in [0.4, 0.5) is 0 Å². The molecular weight excluding hydrogens is 356 g/mol. The smallest absolute Gasteiger partial charge is 0.250 e. The summed E-state index contributed by atoms with van der Waals surface area (Å²) in [5.74, 6) is 1.62. The number of hydrogen-bond donors (Lipinski definition) is 2. The Kier molecular flexibility index (Phi) is 6.27. The Morgan fingerprint density at radius 3 is 2.65 bits per heavy atom. The number of hydrogen-bond acceptors (Lipinski definition) is 5. The minimum absolute atomic E-state index is 0. The van der Waals surface area contributed by atoms with Gasteiger partial charge in [0.2, 0.25) is 5.91 Å². The van der Waals surface area contributed by atoms with E-state index >= 15 is 0 Å². The number of carbonyl (C=O) groups is 1. The monoisotopic (exact) mass is 382 g/mol. The van der Waals surface area contributed by atoms with Crippen LogP contribution in [0.5, 0.6) is 11.5 Å². The SMILES string of the molecule is Cl.O=C(NCC1(c2ccc3c(c2)OCCO3)CCCC1)C1CNCCO1. The lowest BCUT2D eigenvalue weighted by Crippen LogP contribution is -2.50. The van der Waals surface area contributed by atoms with E-state index in [1.807, 2.05) is 6.07 Å². The van der Waals surface area contributed by atoms with Gasteiger partial charge in [-0.05, 0) is 30.5 Å². The number of halogens is 1. The van der Waals surface area contributed by atoms with Gasteiger partial charge in [0.25, 0.3) is 0 Å². The molecule has 0 aromatic heterocycles. The van der Waals surface area contributed by atoms with Gasteiger partial charge in [0.05, 0.1) is 6.61 Å². The van der Waals surface area contributed by atoms with Gasteiger partial charge in [0.15, 0.2) is 11.5 Å². The van der Waals surface area contributed by atoms with Crippen LogP contribution in [0.25, 0.3) is 0 Å². The average molecular weight is 383 g/mol. The number of benzene rings is 1. The molecule has 0 radical (unpaired) electrons. The molecule has 3 aliphatic rings. The summed E-state index contributed by atoms with van der Waals surface area (Å²) >= 11 is 0. The first-order chi connectivity index (χ1) is 12.3. The molecule has 1 saturated carbocycles. The zero-order chi connectivity index (χ0) is 17.1. The molecule has 2 heterocycles. The molecule has 1 aromatic rings. The van der Waals surface area contributed by atoms with Crippen LogP contribution in [0.1, 0.15) is 31.2 Å². The van der Waals surface area contributed by atoms with Crippen molar-refractivity contribution in [3.63, 3.8) is 0 Å². The lowest BCUT2D eigenvalue weighted by molar-refractivity contribution is -0.134. The van der Waals surface area contributed by atoms with Crippen molar-refractivity contribution in [2.45, 2.75) is 37.2 Å². The lowest BCUT2D eigenvalue weighted by Gasteiger charge is -2.32. The summed E-state index contributed by atoms with van der Waals surface area (Å²) < 4.78 is 16.9. The van der Waals surface area contributed by atoms with E-state index in [-0.39, 0.29) is 29.8 Å². The fourth-order valence-electron chi connectivity index (χ4n) is 4.10. The van der Waals surface area contributed by atoms with Crippen molar-refractivity contribution in [1.29, 1.82) is 0 Å². The molecule has 1 aromatic carbocycles. The van der Waals surface area contributed by atoms with E-state index in [0.29, 0.717) is 32.9 Å². The van der Waals surface area contributed by atoms with Gasteiger partial charge in [-0.3, -0.25) is 4.79 Å². The van der Waals surface area contributed by atoms with Gasteiger partial charge in [0, 0.05) is 25.0 Å². The topological polar surface area (TPSA) is 68.8 Å². The first-order valence-corrected chi connectivity index (χ1v) is 9.27. The minimum Gasteiger partial charge on any atom is -0.486 e. The van der Waals surface area contributed by atoms with Gasteiger partial charge < -0.3 is 24.8 Å². The van der Waals surface area contributed by atoms with Gasteiger partial charge in [-0.25, -0.2) is 0 Å². The third kappa shape index (κ3) is 3.92. The summed E-state index contributed by atoms with van der Waals surface area (Å²) in [6.07, 6.45) is 4.15. The van der Waals surface area contributed by atoms with E-state index in [1.165, 1.54) is 18.4 Å². The maximum atomic E-state index is 12.4. The highest BCUT2D eigenvalue weighted by Gasteiger charge is 2.37. The van der Waals surface area contributed by atoms with Crippen molar-refractivity contribution in [3.8, 4) is 11.5 Å². The molecule has 26 heavy (non-hydrogen) atoms. The number of ether oxygens (including phenoxy) is 3. The molecule has 4 rings (SSSR count). The third-order valence-corrected chi connectivity index (χ3v) is 5.54. The molecule has 1 saturated heterocycles. The average Bonchev–Trinajstić information content (AvgIpc) is 3.16.